The number of likely N-dealkylation sites (tertiary alicyclic amines) is 1. The van der Waals surface area contributed by atoms with E-state index in [1.54, 1.807) is 4.90 Å². The van der Waals surface area contributed by atoms with Crippen LogP contribution in [0.4, 0.5) is 4.79 Å². The highest BCUT2D eigenvalue weighted by Crippen LogP contribution is 2.22. The fraction of sp³-hybridized carbons (Fsp3) is 0.667. The van der Waals surface area contributed by atoms with Crippen LogP contribution in [0.15, 0.2) is 24.5 Å². The fourth-order valence-corrected chi connectivity index (χ4v) is 4.41. The molecule has 0 spiro atoms. The maximum Gasteiger partial charge on any atom is 0.410 e. The van der Waals surface area contributed by atoms with E-state index in [4.69, 9.17) is 14.2 Å². The second-order valence-electron chi connectivity index (χ2n) is 10.8. The van der Waals surface area contributed by atoms with Gasteiger partial charge in [-0.2, -0.15) is 0 Å². The Morgan fingerprint density at radius 3 is 2.56 bits per heavy atom. The van der Waals surface area contributed by atoms with Crippen molar-refractivity contribution < 1.29 is 19.0 Å². The van der Waals surface area contributed by atoms with Crippen LogP contribution in [0.1, 0.15) is 39.2 Å². The van der Waals surface area contributed by atoms with Crippen LogP contribution in [0.5, 0.6) is 0 Å². The van der Waals surface area contributed by atoms with Gasteiger partial charge in [-0.05, 0) is 57.4 Å². The van der Waals surface area contributed by atoms with Gasteiger partial charge in [0.2, 0.25) is 0 Å². The van der Waals surface area contributed by atoms with Crippen molar-refractivity contribution in [3.63, 3.8) is 0 Å². The van der Waals surface area contributed by atoms with Crippen molar-refractivity contribution in [2.45, 2.75) is 84.3 Å². The number of piperidine rings is 1. The third kappa shape index (κ3) is 7.32. The molecule has 1 fully saturated rings. The molecule has 0 saturated carbocycles. The highest BCUT2D eigenvalue weighted by atomic mass is 28.3. The normalized spacial score (nSPS) is 16.0. The van der Waals surface area contributed by atoms with Crippen molar-refractivity contribution in [3.05, 3.63) is 30.1 Å². The minimum absolute atomic E-state index is 0.142. The Labute approximate surface area is 193 Å². The van der Waals surface area contributed by atoms with Crippen molar-refractivity contribution in [2.24, 2.45) is 0 Å². The molecule has 178 valence electrons. The molecule has 1 amide bonds. The Balaban J connectivity index is 1.50. The first-order valence-corrected chi connectivity index (χ1v) is 15.3. The summed E-state index contributed by atoms with van der Waals surface area (Å²) in [5.41, 5.74) is 1.59. The Hall–Kier alpha value is -1.90. The molecule has 3 heterocycles. The predicted octanol–water partition coefficient (Wildman–Crippen LogP) is 5.26. The van der Waals surface area contributed by atoms with Crippen LogP contribution >= 0.6 is 0 Å². The molecule has 1 saturated heterocycles. The van der Waals surface area contributed by atoms with Crippen LogP contribution < -0.4 is 0 Å². The van der Waals surface area contributed by atoms with Crippen LogP contribution in [0, 0.1) is 0 Å². The van der Waals surface area contributed by atoms with Crippen LogP contribution in [0.25, 0.3) is 11.0 Å². The van der Waals surface area contributed by atoms with E-state index in [0.717, 1.165) is 42.1 Å². The maximum absolute atomic E-state index is 12.2. The number of rotatable bonds is 8. The molecule has 0 bridgehead atoms. The lowest BCUT2D eigenvalue weighted by molar-refractivity contribution is -0.0167. The molecule has 2 aromatic rings. The molecule has 3 rings (SSSR count). The topological polar surface area (TPSA) is 65.8 Å². The lowest BCUT2D eigenvalue weighted by Gasteiger charge is -2.33. The monoisotopic (exact) mass is 461 g/mol. The number of pyridine rings is 1. The SMILES string of the molecule is CC(C)(C)OC(=O)N1CCC(OCc2ccnc3c2ccn3COCC[Si](C)(C)C)CC1. The zero-order chi connectivity index (χ0) is 23.4. The van der Waals surface area contributed by atoms with E-state index in [1.165, 1.54) is 0 Å². The molecule has 8 heteroatoms. The maximum atomic E-state index is 12.2. The summed E-state index contributed by atoms with van der Waals surface area (Å²) in [7, 11) is -1.09. The number of aromatic nitrogens is 2. The number of carbonyl (C=O) groups excluding carboxylic acids is 1. The quantitative estimate of drug-likeness (QED) is 0.396. The van der Waals surface area contributed by atoms with Crippen LogP contribution in [0.3, 0.4) is 0 Å². The first kappa shape index (κ1) is 24.7. The van der Waals surface area contributed by atoms with Crippen molar-refractivity contribution >= 4 is 25.2 Å². The number of hydrogen-bond acceptors (Lipinski definition) is 5. The van der Waals surface area contributed by atoms with E-state index in [1.807, 2.05) is 39.2 Å². The highest BCUT2D eigenvalue weighted by Gasteiger charge is 2.27. The molecular formula is C24H39N3O4Si. The van der Waals surface area contributed by atoms with Crippen molar-refractivity contribution in [3.8, 4) is 0 Å². The summed E-state index contributed by atoms with van der Waals surface area (Å²) in [5.74, 6) is 0. The number of ether oxygens (including phenoxy) is 3. The molecule has 1 aliphatic heterocycles. The molecule has 0 unspecified atom stereocenters. The molecule has 0 atom stereocenters. The predicted molar refractivity (Wildman–Crippen MR) is 129 cm³/mol. The smallest absolute Gasteiger partial charge is 0.410 e. The number of amides is 1. The molecule has 0 aromatic carbocycles. The first-order chi connectivity index (χ1) is 15.0. The van der Waals surface area contributed by atoms with E-state index >= 15 is 0 Å². The van der Waals surface area contributed by atoms with Gasteiger partial charge in [-0.3, -0.25) is 0 Å². The highest BCUT2D eigenvalue weighted by molar-refractivity contribution is 6.76. The van der Waals surface area contributed by atoms with Crippen molar-refractivity contribution in [1.29, 1.82) is 0 Å². The van der Waals surface area contributed by atoms with E-state index in [2.05, 4.69) is 35.3 Å². The lowest BCUT2D eigenvalue weighted by atomic mass is 10.1. The Morgan fingerprint density at radius 1 is 1.19 bits per heavy atom. The molecule has 0 aliphatic carbocycles. The van der Waals surface area contributed by atoms with Crippen LogP contribution in [0.2, 0.25) is 25.7 Å². The Kier molecular flexibility index (Phi) is 8.00. The minimum atomic E-state index is -1.09. The lowest BCUT2D eigenvalue weighted by Crippen LogP contribution is -2.43. The van der Waals surface area contributed by atoms with Crippen LogP contribution in [-0.4, -0.2) is 60.0 Å². The van der Waals surface area contributed by atoms with E-state index in [-0.39, 0.29) is 12.2 Å². The second kappa shape index (κ2) is 10.4. The van der Waals surface area contributed by atoms with Gasteiger partial charge in [0.25, 0.3) is 0 Å². The molecular weight excluding hydrogens is 422 g/mol. The number of hydrogen-bond donors (Lipinski definition) is 0. The van der Waals surface area contributed by atoms with Crippen molar-refractivity contribution in [2.75, 3.05) is 19.7 Å². The summed E-state index contributed by atoms with van der Waals surface area (Å²) in [4.78, 5) is 18.6. The standard InChI is InChI=1S/C24H39N3O4Si/c1-24(2,3)31-23(28)26-12-8-20(9-13-26)30-17-19-7-11-25-22-21(19)10-14-27(22)18-29-15-16-32(4,5)6/h7,10-11,14,20H,8-9,12-13,15-18H2,1-6H3. The Morgan fingerprint density at radius 2 is 1.91 bits per heavy atom. The van der Waals surface area contributed by atoms with Gasteiger partial charge in [-0.1, -0.05) is 19.6 Å². The van der Waals surface area contributed by atoms with Gasteiger partial charge in [0.15, 0.2) is 0 Å². The van der Waals surface area contributed by atoms with Crippen LogP contribution in [-0.2, 0) is 27.5 Å². The summed E-state index contributed by atoms with van der Waals surface area (Å²) in [5, 5.41) is 1.10. The van der Waals surface area contributed by atoms with Gasteiger partial charge in [-0.25, -0.2) is 9.78 Å². The summed E-state index contributed by atoms with van der Waals surface area (Å²) in [6.07, 6.45) is 5.42. The molecule has 1 aliphatic rings. The summed E-state index contributed by atoms with van der Waals surface area (Å²) in [6, 6.07) is 5.27. The second-order valence-corrected chi connectivity index (χ2v) is 16.4. The average Bonchev–Trinajstić information content (AvgIpc) is 3.12. The largest absolute Gasteiger partial charge is 0.444 e. The molecule has 0 radical (unpaired) electrons. The third-order valence-corrected chi connectivity index (χ3v) is 7.25. The molecule has 32 heavy (non-hydrogen) atoms. The molecule has 0 N–H and O–H groups in total. The number of fused-ring (bicyclic) bond motifs is 1. The van der Waals surface area contributed by atoms with Crippen molar-refractivity contribution in [1.82, 2.24) is 14.5 Å². The van der Waals surface area contributed by atoms with Gasteiger partial charge in [0, 0.05) is 45.6 Å². The number of nitrogens with zero attached hydrogens (tertiary/aromatic N) is 3. The van der Waals surface area contributed by atoms with E-state index < -0.39 is 13.7 Å². The van der Waals surface area contributed by atoms with E-state index in [9.17, 15) is 4.79 Å². The van der Waals surface area contributed by atoms with E-state index in [0.29, 0.717) is 26.4 Å². The molecule has 7 nitrogen and oxygen atoms in total. The third-order valence-electron chi connectivity index (χ3n) is 5.55. The van der Waals surface area contributed by atoms with Gasteiger partial charge in [0.05, 0.1) is 12.7 Å². The van der Waals surface area contributed by atoms with Gasteiger partial charge in [0.1, 0.15) is 18.0 Å². The minimum Gasteiger partial charge on any atom is -0.444 e. The summed E-state index contributed by atoms with van der Waals surface area (Å²) < 4.78 is 19.6. The first-order valence-electron chi connectivity index (χ1n) is 11.6. The zero-order valence-electron chi connectivity index (χ0n) is 20.5. The van der Waals surface area contributed by atoms with Gasteiger partial charge < -0.3 is 23.7 Å². The summed E-state index contributed by atoms with van der Waals surface area (Å²) >= 11 is 0. The summed E-state index contributed by atoms with van der Waals surface area (Å²) in [6.45, 7) is 15.9. The zero-order valence-corrected chi connectivity index (χ0v) is 21.5. The fourth-order valence-electron chi connectivity index (χ4n) is 3.66. The molecule has 2 aromatic heterocycles. The van der Waals surface area contributed by atoms with Gasteiger partial charge in [-0.15, -0.1) is 0 Å². The Bertz CT molecular complexity index is 893. The number of carbonyl (C=O) groups is 1. The average molecular weight is 462 g/mol. The van der Waals surface area contributed by atoms with Gasteiger partial charge >= 0.3 is 6.09 Å².